The first kappa shape index (κ1) is 11.9. The average molecular weight is 281 g/mol. The van der Waals surface area contributed by atoms with Crippen LogP contribution in [0.4, 0.5) is 0 Å². The van der Waals surface area contributed by atoms with Gasteiger partial charge in [0.1, 0.15) is 0 Å². The Morgan fingerprint density at radius 2 is 1.90 bits per heavy atom. The molecule has 3 aliphatic rings. The Morgan fingerprint density at radius 1 is 1.10 bits per heavy atom. The highest BCUT2D eigenvalue weighted by molar-refractivity contribution is 5.35. The standard InChI is InChI=1S/C17H19N3O/c1-2-4-11-8-12(7-10(11)3-1)16-19-17(21-20-16)14-9-13-5-6-15(14)18-13/h1-4,12-15,18H,5-9H2. The highest BCUT2D eigenvalue weighted by atomic mass is 16.5. The van der Waals surface area contributed by atoms with Gasteiger partial charge in [0.05, 0.1) is 5.92 Å². The zero-order chi connectivity index (χ0) is 13.8. The van der Waals surface area contributed by atoms with Crippen LogP contribution in [0.15, 0.2) is 28.8 Å². The van der Waals surface area contributed by atoms with Crippen LogP contribution in [0.3, 0.4) is 0 Å². The summed E-state index contributed by atoms with van der Waals surface area (Å²) in [6, 6.07) is 9.90. The van der Waals surface area contributed by atoms with Crippen LogP contribution in [0.1, 0.15) is 53.9 Å². The lowest BCUT2D eigenvalue weighted by atomic mass is 9.89. The first-order valence-corrected chi connectivity index (χ1v) is 8.03. The third-order valence-corrected chi connectivity index (χ3v) is 5.49. The van der Waals surface area contributed by atoms with Gasteiger partial charge in [-0.15, -0.1) is 0 Å². The minimum Gasteiger partial charge on any atom is -0.339 e. The Labute approximate surface area is 123 Å². The molecule has 2 aliphatic heterocycles. The molecule has 3 heterocycles. The van der Waals surface area contributed by atoms with Gasteiger partial charge >= 0.3 is 0 Å². The van der Waals surface area contributed by atoms with E-state index in [1.807, 2.05) is 0 Å². The number of nitrogens with one attached hydrogen (secondary N) is 1. The van der Waals surface area contributed by atoms with Gasteiger partial charge in [0.25, 0.3) is 0 Å². The van der Waals surface area contributed by atoms with Crippen LogP contribution in [-0.4, -0.2) is 22.2 Å². The van der Waals surface area contributed by atoms with E-state index in [1.165, 1.54) is 24.0 Å². The first-order valence-electron chi connectivity index (χ1n) is 8.03. The molecule has 0 amide bonds. The fourth-order valence-electron chi connectivity index (χ4n) is 4.40. The van der Waals surface area contributed by atoms with Crippen molar-refractivity contribution in [3.8, 4) is 0 Å². The van der Waals surface area contributed by atoms with Crippen molar-refractivity contribution in [3.63, 3.8) is 0 Å². The third-order valence-electron chi connectivity index (χ3n) is 5.49. The van der Waals surface area contributed by atoms with Crippen molar-refractivity contribution in [1.29, 1.82) is 0 Å². The molecule has 1 N–H and O–H groups in total. The zero-order valence-electron chi connectivity index (χ0n) is 12.0. The van der Waals surface area contributed by atoms with E-state index >= 15 is 0 Å². The van der Waals surface area contributed by atoms with Gasteiger partial charge in [-0.3, -0.25) is 0 Å². The summed E-state index contributed by atoms with van der Waals surface area (Å²) in [6.07, 6.45) is 5.81. The van der Waals surface area contributed by atoms with E-state index < -0.39 is 0 Å². The van der Waals surface area contributed by atoms with E-state index in [4.69, 9.17) is 9.51 Å². The molecule has 1 aliphatic carbocycles. The lowest BCUT2D eigenvalue weighted by Gasteiger charge is -2.15. The molecule has 2 aromatic rings. The van der Waals surface area contributed by atoms with Gasteiger partial charge in [-0.05, 0) is 43.2 Å². The highest BCUT2D eigenvalue weighted by Gasteiger charge is 2.43. The highest BCUT2D eigenvalue weighted by Crippen LogP contribution is 2.40. The van der Waals surface area contributed by atoms with Gasteiger partial charge in [0.2, 0.25) is 5.89 Å². The maximum atomic E-state index is 5.61. The largest absolute Gasteiger partial charge is 0.339 e. The molecule has 3 atom stereocenters. The fourth-order valence-corrected chi connectivity index (χ4v) is 4.40. The predicted molar refractivity (Wildman–Crippen MR) is 78.2 cm³/mol. The van der Waals surface area contributed by atoms with Crippen molar-refractivity contribution in [2.45, 2.75) is 56.0 Å². The van der Waals surface area contributed by atoms with Gasteiger partial charge < -0.3 is 9.84 Å². The van der Waals surface area contributed by atoms with Crippen LogP contribution in [0.5, 0.6) is 0 Å². The predicted octanol–water partition coefficient (Wildman–Crippen LogP) is 2.56. The Bertz CT molecular complexity index is 655. The summed E-state index contributed by atoms with van der Waals surface area (Å²) in [5.41, 5.74) is 2.88. The van der Waals surface area contributed by atoms with Gasteiger partial charge in [0.15, 0.2) is 5.82 Å². The summed E-state index contributed by atoms with van der Waals surface area (Å²) in [4.78, 5) is 4.76. The van der Waals surface area contributed by atoms with Crippen molar-refractivity contribution in [2.24, 2.45) is 0 Å². The molecule has 2 saturated heterocycles. The van der Waals surface area contributed by atoms with Crippen LogP contribution in [0.25, 0.3) is 0 Å². The Morgan fingerprint density at radius 3 is 2.57 bits per heavy atom. The smallest absolute Gasteiger partial charge is 0.231 e. The average Bonchev–Trinajstić information content (AvgIpc) is 3.27. The van der Waals surface area contributed by atoms with E-state index in [0.29, 0.717) is 23.9 Å². The van der Waals surface area contributed by atoms with Gasteiger partial charge in [0, 0.05) is 18.0 Å². The number of nitrogens with zero attached hydrogens (tertiary/aromatic N) is 2. The Balaban J connectivity index is 1.38. The van der Waals surface area contributed by atoms with E-state index in [-0.39, 0.29) is 0 Å². The fraction of sp³-hybridized carbons (Fsp3) is 0.529. The minimum atomic E-state index is 0.395. The monoisotopic (exact) mass is 281 g/mol. The molecule has 5 rings (SSSR count). The molecule has 1 aromatic heterocycles. The summed E-state index contributed by atoms with van der Waals surface area (Å²) in [6.45, 7) is 0. The van der Waals surface area contributed by atoms with Gasteiger partial charge in [-0.2, -0.15) is 4.98 Å². The SMILES string of the molecule is c1ccc2c(c1)CC(c1noc(C3CC4CCC3N4)n1)C2. The van der Waals surface area contributed by atoms with Crippen LogP contribution in [0.2, 0.25) is 0 Å². The zero-order valence-corrected chi connectivity index (χ0v) is 12.0. The van der Waals surface area contributed by atoms with Crippen LogP contribution in [-0.2, 0) is 12.8 Å². The van der Waals surface area contributed by atoms with E-state index in [0.717, 1.165) is 31.0 Å². The maximum absolute atomic E-state index is 5.61. The van der Waals surface area contributed by atoms with E-state index in [9.17, 15) is 0 Å². The van der Waals surface area contributed by atoms with Crippen molar-refractivity contribution in [1.82, 2.24) is 15.5 Å². The molecule has 108 valence electrons. The normalized spacial score (nSPS) is 31.0. The minimum absolute atomic E-state index is 0.395. The summed E-state index contributed by atoms with van der Waals surface area (Å²) in [5.74, 6) is 2.60. The molecule has 0 saturated carbocycles. The van der Waals surface area contributed by atoms with Crippen molar-refractivity contribution < 1.29 is 4.52 Å². The second kappa shape index (κ2) is 4.41. The quantitative estimate of drug-likeness (QED) is 0.919. The molecule has 1 aromatic carbocycles. The summed E-state index contributed by atoms with van der Waals surface area (Å²) in [7, 11) is 0. The number of hydrogen-bond donors (Lipinski definition) is 1. The second-order valence-corrected chi connectivity index (χ2v) is 6.75. The number of aromatic nitrogens is 2. The first-order chi connectivity index (χ1) is 10.4. The molecule has 4 heteroatoms. The topological polar surface area (TPSA) is 51.0 Å². The molecule has 3 unspecified atom stereocenters. The van der Waals surface area contributed by atoms with Gasteiger partial charge in [-0.1, -0.05) is 29.4 Å². The number of hydrogen-bond acceptors (Lipinski definition) is 4. The van der Waals surface area contributed by atoms with Crippen LogP contribution < -0.4 is 5.32 Å². The lowest BCUT2D eigenvalue weighted by Crippen LogP contribution is -2.21. The van der Waals surface area contributed by atoms with E-state index in [1.54, 1.807) is 0 Å². The molecule has 2 fully saturated rings. The van der Waals surface area contributed by atoms with Crippen LogP contribution in [0, 0.1) is 0 Å². The van der Waals surface area contributed by atoms with Crippen molar-refractivity contribution in [3.05, 3.63) is 47.1 Å². The third kappa shape index (κ3) is 1.85. The summed E-state index contributed by atoms with van der Waals surface area (Å²) < 4.78 is 5.61. The summed E-state index contributed by atoms with van der Waals surface area (Å²) >= 11 is 0. The van der Waals surface area contributed by atoms with Crippen LogP contribution >= 0.6 is 0 Å². The maximum Gasteiger partial charge on any atom is 0.231 e. The second-order valence-electron chi connectivity index (χ2n) is 6.75. The molecule has 2 bridgehead atoms. The molecule has 0 radical (unpaired) electrons. The van der Waals surface area contributed by atoms with Gasteiger partial charge in [-0.25, -0.2) is 0 Å². The molecular weight excluding hydrogens is 262 g/mol. The molecule has 0 spiro atoms. The molecular formula is C17H19N3O. The number of rotatable bonds is 2. The lowest BCUT2D eigenvalue weighted by molar-refractivity contribution is 0.325. The Kier molecular flexibility index (Phi) is 2.50. The number of benzene rings is 1. The summed E-state index contributed by atoms with van der Waals surface area (Å²) in [5, 5.41) is 7.94. The van der Waals surface area contributed by atoms with Crippen molar-refractivity contribution >= 4 is 0 Å². The van der Waals surface area contributed by atoms with E-state index in [2.05, 4.69) is 34.7 Å². The molecule has 21 heavy (non-hydrogen) atoms. The molecule has 4 nitrogen and oxygen atoms in total. The van der Waals surface area contributed by atoms with Crippen molar-refractivity contribution in [2.75, 3.05) is 0 Å². The Hall–Kier alpha value is -1.68. The number of fused-ring (bicyclic) bond motifs is 3.